The van der Waals surface area contributed by atoms with Gasteiger partial charge in [0, 0.05) is 0 Å². The molecule has 80 valence electrons. The van der Waals surface area contributed by atoms with Crippen LogP contribution in [0, 0.1) is 0 Å². The predicted octanol–water partition coefficient (Wildman–Crippen LogP) is 2.07. The number of hydrogen-bond donors (Lipinski definition) is 0. The van der Waals surface area contributed by atoms with Crippen LogP contribution in [0.3, 0.4) is 0 Å². The van der Waals surface area contributed by atoms with Crippen molar-refractivity contribution in [3.63, 3.8) is 0 Å². The fourth-order valence-electron chi connectivity index (χ4n) is 1.35. The van der Waals surface area contributed by atoms with Crippen molar-refractivity contribution in [1.82, 2.24) is 0 Å². The van der Waals surface area contributed by atoms with E-state index in [4.69, 9.17) is 9.47 Å². The van der Waals surface area contributed by atoms with E-state index in [1.165, 1.54) is 11.8 Å². The van der Waals surface area contributed by atoms with E-state index in [-0.39, 0.29) is 17.5 Å². The normalized spacial score (nSPS) is 22.2. The summed E-state index contributed by atoms with van der Waals surface area (Å²) < 4.78 is 10.7. The Kier molecular flexibility index (Phi) is 3.16. The smallest absolute Gasteiger partial charge is 0.317 e. The van der Waals surface area contributed by atoms with Gasteiger partial charge in [0.1, 0.15) is 11.9 Å². The second kappa shape index (κ2) is 4.57. The highest BCUT2D eigenvalue weighted by molar-refractivity contribution is 8.00. The molecule has 3 nitrogen and oxygen atoms in total. The molecule has 0 radical (unpaired) electrons. The first-order valence-electron chi connectivity index (χ1n) is 4.78. The molecule has 0 N–H and O–H groups in total. The number of para-hydroxylation sites is 1. The van der Waals surface area contributed by atoms with E-state index in [0.717, 1.165) is 5.75 Å². The highest BCUT2D eigenvalue weighted by Crippen LogP contribution is 2.26. The van der Waals surface area contributed by atoms with E-state index in [9.17, 15) is 4.79 Å². The minimum Gasteiger partial charge on any atom is -0.486 e. The zero-order chi connectivity index (χ0) is 10.7. The number of thioether (sulfide) groups is 1. The van der Waals surface area contributed by atoms with Gasteiger partial charge in [-0.2, -0.15) is 0 Å². The molecule has 0 bridgehead atoms. The Morgan fingerprint density at radius 3 is 2.80 bits per heavy atom. The minimum atomic E-state index is -0.183. The number of carbonyl (C=O) groups is 1. The molecule has 1 fully saturated rings. The molecule has 15 heavy (non-hydrogen) atoms. The SMILES string of the molecule is CC(Oc1ccccc1)C1OC(=O)CS1. The molecule has 0 saturated carbocycles. The second-order valence-corrected chi connectivity index (χ2v) is 4.39. The summed E-state index contributed by atoms with van der Waals surface area (Å²) in [6.45, 7) is 1.91. The lowest BCUT2D eigenvalue weighted by Gasteiger charge is -2.18. The van der Waals surface area contributed by atoms with Crippen LogP contribution >= 0.6 is 11.8 Å². The van der Waals surface area contributed by atoms with E-state index >= 15 is 0 Å². The molecule has 1 aliphatic heterocycles. The van der Waals surface area contributed by atoms with Crippen molar-refractivity contribution in [1.29, 1.82) is 0 Å². The van der Waals surface area contributed by atoms with Gasteiger partial charge in [0.25, 0.3) is 0 Å². The van der Waals surface area contributed by atoms with E-state index in [0.29, 0.717) is 5.75 Å². The zero-order valence-corrected chi connectivity index (χ0v) is 9.20. The van der Waals surface area contributed by atoms with Gasteiger partial charge in [-0.3, -0.25) is 4.79 Å². The van der Waals surface area contributed by atoms with Crippen LogP contribution in [-0.4, -0.2) is 23.3 Å². The number of rotatable bonds is 3. The van der Waals surface area contributed by atoms with Crippen LogP contribution in [0.1, 0.15) is 6.92 Å². The van der Waals surface area contributed by atoms with Crippen LogP contribution in [0.5, 0.6) is 5.75 Å². The Morgan fingerprint density at radius 1 is 1.47 bits per heavy atom. The molecule has 1 saturated heterocycles. The molecule has 1 aliphatic rings. The van der Waals surface area contributed by atoms with Gasteiger partial charge in [0.2, 0.25) is 0 Å². The third-order valence-corrected chi connectivity index (χ3v) is 3.27. The van der Waals surface area contributed by atoms with Gasteiger partial charge < -0.3 is 9.47 Å². The van der Waals surface area contributed by atoms with Crippen LogP contribution in [0.25, 0.3) is 0 Å². The van der Waals surface area contributed by atoms with Crippen LogP contribution in [-0.2, 0) is 9.53 Å². The maximum atomic E-state index is 10.9. The molecular weight excluding hydrogens is 212 g/mol. The average Bonchev–Trinajstić information content (AvgIpc) is 2.66. The summed E-state index contributed by atoms with van der Waals surface area (Å²) in [6, 6.07) is 9.53. The van der Waals surface area contributed by atoms with Gasteiger partial charge in [-0.1, -0.05) is 18.2 Å². The standard InChI is InChI=1S/C11H12O3S/c1-8(11-14-10(12)7-15-11)13-9-5-3-2-4-6-9/h2-6,8,11H,7H2,1H3. The van der Waals surface area contributed by atoms with E-state index in [1.54, 1.807) is 0 Å². The van der Waals surface area contributed by atoms with Gasteiger partial charge in [0.15, 0.2) is 5.44 Å². The van der Waals surface area contributed by atoms with Crippen LogP contribution < -0.4 is 4.74 Å². The van der Waals surface area contributed by atoms with Crippen molar-refractivity contribution in [3.8, 4) is 5.75 Å². The van der Waals surface area contributed by atoms with Gasteiger partial charge in [-0.15, -0.1) is 11.8 Å². The topological polar surface area (TPSA) is 35.5 Å². The Bertz CT molecular complexity index is 339. The molecule has 0 amide bonds. The van der Waals surface area contributed by atoms with Gasteiger partial charge in [-0.25, -0.2) is 0 Å². The van der Waals surface area contributed by atoms with Crippen LogP contribution in [0.15, 0.2) is 30.3 Å². The molecule has 0 spiro atoms. The first kappa shape index (κ1) is 10.4. The summed E-state index contributed by atoms with van der Waals surface area (Å²) in [5.74, 6) is 1.06. The number of hydrogen-bond acceptors (Lipinski definition) is 4. The Hall–Kier alpha value is -1.16. The van der Waals surface area contributed by atoms with Gasteiger partial charge in [0.05, 0.1) is 5.75 Å². The largest absolute Gasteiger partial charge is 0.486 e. The fraction of sp³-hybridized carbons (Fsp3) is 0.364. The van der Waals surface area contributed by atoms with Crippen molar-refractivity contribution in [3.05, 3.63) is 30.3 Å². The lowest BCUT2D eigenvalue weighted by Crippen LogP contribution is -2.26. The summed E-state index contributed by atoms with van der Waals surface area (Å²) in [5.41, 5.74) is -0.183. The van der Waals surface area contributed by atoms with Crippen LogP contribution in [0.2, 0.25) is 0 Å². The van der Waals surface area contributed by atoms with E-state index < -0.39 is 0 Å². The van der Waals surface area contributed by atoms with Crippen molar-refractivity contribution < 1.29 is 14.3 Å². The van der Waals surface area contributed by atoms with Crippen molar-refractivity contribution >= 4 is 17.7 Å². The summed E-state index contributed by atoms with van der Waals surface area (Å²) >= 11 is 1.48. The fourth-order valence-corrected chi connectivity index (χ4v) is 2.22. The van der Waals surface area contributed by atoms with Gasteiger partial charge in [-0.05, 0) is 19.1 Å². The molecule has 0 aliphatic carbocycles. The third-order valence-electron chi connectivity index (χ3n) is 2.06. The number of cyclic esters (lactones) is 1. The zero-order valence-electron chi connectivity index (χ0n) is 8.38. The highest BCUT2D eigenvalue weighted by atomic mass is 32.2. The second-order valence-electron chi connectivity index (χ2n) is 3.31. The lowest BCUT2D eigenvalue weighted by molar-refractivity contribution is -0.142. The third kappa shape index (κ3) is 2.65. The molecule has 2 unspecified atom stereocenters. The number of carbonyl (C=O) groups excluding carboxylic acids is 1. The monoisotopic (exact) mass is 224 g/mol. The molecule has 4 heteroatoms. The first-order valence-corrected chi connectivity index (χ1v) is 5.83. The summed E-state index contributed by atoms with van der Waals surface area (Å²) in [6.07, 6.45) is -0.121. The quantitative estimate of drug-likeness (QED) is 0.736. The summed E-state index contributed by atoms with van der Waals surface area (Å²) in [5, 5.41) is 0. The molecule has 1 aromatic rings. The van der Waals surface area contributed by atoms with Crippen LogP contribution in [0.4, 0.5) is 0 Å². The molecule has 1 aromatic carbocycles. The molecular formula is C11H12O3S. The Balaban J connectivity index is 1.92. The molecule has 2 rings (SSSR count). The Labute approximate surface area is 92.8 Å². The van der Waals surface area contributed by atoms with E-state index in [2.05, 4.69) is 0 Å². The number of esters is 1. The molecule has 0 aromatic heterocycles. The van der Waals surface area contributed by atoms with Crippen molar-refractivity contribution in [2.45, 2.75) is 18.5 Å². The maximum absolute atomic E-state index is 10.9. The predicted molar refractivity (Wildman–Crippen MR) is 58.9 cm³/mol. The maximum Gasteiger partial charge on any atom is 0.317 e. The minimum absolute atomic E-state index is 0.121. The Morgan fingerprint density at radius 2 is 2.20 bits per heavy atom. The average molecular weight is 224 g/mol. The van der Waals surface area contributed by atoms with Crippen molar-refractivity contribution in [2.75, 3.05) is 5.75 Å². The van der Waals surface area contributed by atoms with Crippen molar-refractivity contribution in [2.24, 2.45) is 0 Å². The van der Waals surface area contributed by atoms with E-state index in [1.807, 2.05) is 37.3 Å². The number of ether oxygens (including phenoxy) is 2. The first-order chi connectivity index (χ1) is 7.25. The highest BCUT2D eigenvalue weighted by Gasteiger charge is 2.30. The lowest BCUT2D eigenvalue weighted by atomic mass is 10.3. The number of benzene rings is 1. The molecule has 1 heterocycles. The summed E-state index contributed by atoms with van der Waals surface area (Å²) in [7, 11) is 0. The summed E-state index contributed by atoms with van der Waals surface area (Å²) in [4.78, 5) is 10.9. The molecule has 2 atom stereocenters. The van der Waals surface area contributed by atoms with Gasteiger partial charge >= 0.3 is 5.97 Å².